The minimum Gasteiger partial charge on any atom is -0.478 e. The highest BCUT2D eigenvalue weighted by molar-refractivity contribution is 5.94. The second kappa shape index (κ2) is 6.14. The van der Waals surface area contributed by atoms with E-state index in [1.807, 2.05) is 24.0 Å². The molecule has 0 amide bonds. The van der Waals surface area contributed by atoms with Crippen LogP contribution < -0.4 is 4.90 Å². The Morgan fingerprint density at radius 3 is 2.55 bits per heavy atom. The number of carbonyl (C=O) groups is 1. The number of aromatic carboxylic acids is 1. The third kappa shape index (κ3) is 2.93. The van der Waals surface area contributed by atoms with Gasteiger partial charge in [0, 0.05) is 31.7 Å². The van der Waals surface area contributed by atoms with Crippen molar-refractivity contribution < 1.29 is 9.90 Å². The molecular formula is C15H17N3O2. The molecule has 0 fully saturated rings. The Labute approximate surface area is 117 Å². The van der Waals surface area contributed by atoms with Crippen molar-refractivity contribution in [1.29, 1.82) is 0 Å². The molecule has 2 aromatic rings. The lowest BCUT2D eigenvalue weighted by atomic mass is 10.1. The van der Waals surface area contributed by atoms with Crippen LogP contribution in [0.15, 0.2) is 36.8 Å². The highest BCUT2D eigenvalue weighted by Gasteiger charge is 2.19. The first-order chi connectivity index (χ1) is 9.63. The Bertz CT molecular complexity index is 599. The molecule has 0 aromatic carbocycles. The Morgan fingerprint density at radius 1 is 1.25 bits per heavy atom. The van der Waals surface area contributed by atoms with Crippen LogP contribution in [0.25, 0.3) is 0 Å². The van der Waals surface area contributed by atoms with Crippen molar-refractivity contribution in [2.24, 2.45) is 0 Å². The predicted molar refractivity (Wildman–Crippen MR) is 76.9 cm³/mol. The Morgan fingerprint density at radius 2 is 1.95 bits per heavy atom. The van der Waals surface area contributed by atoms with Gasteiger partial charge < -0.3 is 10.0 Å². The van der Waals surface area contributed by atoms with Crippen LogP contribution in [-0.2, 0) is 6.54 Å². The summed E-state index contributed by atoms with van der Waals surface area (Å²) in [6, 6.07) is 5.55. The number of aryl methyl sites for hydroxylation is 1. The summed E-state index contributed by atoms with van der Waals surface area (Å²) in [5, 5.41) is 9.38. The lowest BCUT2D eigenvalue weighted by Gasteiger charge is -2.24. The van der Waals surface area contributed by atoms with Crippen molar-refractivity contribution in [3.8, 4) is 0 Å². The van der Waals surface area contributed by atoms with Crippen LogP contribution in [0, 0.1) is 6.92 Å². The van der Waals surface area contributed by atoms with Crippen molar-refractivity contribution in [2.75, 3.05) is 11.4 Å². The van der Waals surface area contributed by atoms with E-state index in [9.17, 15) is 9.90 Å². The van der Waals surface area contributed by atoms with Gasteiger partial charge in [-0.2, -0.15) is 0 Å². The van der Waals surface area contributed by atoms with Gasteiger partial charge in [-0.25, -0.2) is 9.78 Å². The fourth-order valence-corrected chi connectivity index (χ4v) is 2.09. The molecule has 5 nitrogen and oxygen atoms in total. The molecule has 5 heteroatoms. The summed E-state index contributed by atoms with van der Waals surface area (Å²) in [7, 11) is 0. The van der Waals surface area contributed by atoms with Crippen LogP contribution in [-0.4, -0.2) is 27.6 Å². The second-order valence-corrected chi connectivity index (χ2v) is 4.50. The summed E-state index contributed by atoms with van der Waals surface area (Å²) in [4.78, 5) is 21.6. The normalized spacial score (nSPS) is 10.3. The smallest absolute Gasteiger partial charge is 0.339 e. The first-order valence-electron chi connectivity index (χ1n) is 6.46. The minimum atomic E-state index is -0.946. The van der Waals surface area contributed by atoms with Crippen molar-refractivity contribution in [2.45, 2.75) is 20.4 Å². The van der Waals surface area contributed by atoms with Gasteiger partial charge in [0.1, 0.15) is 11.4 Å². The molecule has 0 aliphatic carbocycles. The average molecular weight is 271 g/mol. The maximum Gasteiger partial charge on any atom is 0.339 e. The van der Waals surface area contributed by atoms with Gasteiger partial charge in [0.05, 0.1) is 0 Å². The number of hydrogen-bond donors (Lipinski definition) is 1. The van der Waals surface area contributed by atoms with Gasteiger partial charge in [0.2, 0.25) is 0 Å². The first kappa shape index (κ1) is 14.0. The maximum absolute atomic E-state index is 11.4. The lowest BCUT2D eigenvalue weighted by molar-refractivity contribution is 0.0696. The molecule has 0 bridgehead atoms. The van der Waals surface area contributed by atoms with Gasteiger partial charge in [-0.15, -0.1) is 0 Å². The summed E-state index contributed by atoms with van der Waals surface area (Å²) in [5.41, 5.74) is 2.06. The monoisotopic (exact) mass is 271 g/mol. The molecule has 2 aromatic heterocycles. The van der Waals surface area contributed by atoms with Crippen LogP contribution in [0.4, 0.5) is 5.82 Å². The van der Waals surface area contributed by atoms with Crippen LogP contribution >= 0.6 is 0 Å². The number of rotatable bonds is 5. The summed E-state index contributed by atoms with van der Waals surface area (Å²) in [6.45, 7) is 5.06. The van der Waals surface area contributed by atoms with E-state index in [1.165, 1.54) is 0 Å². The molecule has 0 atom stereocenters. The van der Waals surface area contributed by atoms with Crippen LogP contribution in [0.1, 0.15) is 28.4 Å². The molecule has 104 valence electrons. The van der Waals surface area contributed by atoms with Crippen molar-refractivity contribution in [3.05, 3.63) is 53.5 Å². The van der Waals surface area contributed by atoms with Crippen molar-refractivity contribution >= 4 is 11.8 Å². The van der Waals surface area contributed by atoms with E-state index in [-0.39, 0.29) is 5.56 Å². The third-order valence-corrected chi connectivity index (χ3v) is 3.16. The van der Waals surface area contributed by atoms with Gasteiger partial charge in [0.15, 0.2) is 0 Å². The van der Waals surface area contributed by atoms with Crippen LogP contribution in [0.3, 0.4) is 0 Å². The van der Waals surface area contributed by atoms with E-state index in [0.717, 1.165) is 11.1 Å². The molecule has 0 aliphatic rings. The molecule has 1 N–H and O–H groups in total. The zero-order valence-electron chi connectivity index (χ0n) is 11.6. The number of pyridine rings is 2. The molecule has 20 heavy (non-hydrogen) atoms. The molecule has 0 radical (unpaired) electrons. The molecule has 0 aliphatic heterocycles. The van der Waals surface area contributed by atoms with E-state index in [2.05, 4.69) is 9.97 Å². The molecule has 0 spiro atoms. The molecule has 2 rings (SSSR count). The standard InChI is InChI=1S/C15H17N3O2/c1-3-18(10-12-5-7-16-8-6-12)14-13(15(19)20)11(2)4-9-17-14/h4-9H,3,10H2,1-2H3,(H,19,20). The van der Waals surface area contributed by atoms with Crippen molar-refractivity contribution in [1.82, 2.24) is 9.97 Å². The number of nitrogens with zero attached hydrogens (tertiary/aromatic N) is 3. The Hall–Kier alpha value is -2.43. The average Bonchev–Trinajstić information content (AvgIpc) is 2.45. The van der Waals surface area contributed by atoms with Gasteiger partial charge >= 0.3 is 5.97 Å². The van der Waals surface area contributed by atoms with Gasteiger partial charge in [-0.05, 0) is 43.2 Å². The fraction of sp³-hybridized carbons (Fsp3) is 0.267. The zero-order chi connectivity index (χ0) is 14.5. The number of anilines is 1. The van der Waals surface area contributed by atoms with Gasteiger partial charge in [-0.1, -0.05) is 0 Å². The SMILES string of the molecule is CCN(Cc1ccncc1)c1nccc(C)c1C(=O)O. The predicted octanol–water partition coefficient (Wildman–Crippen LogP) is 2.51. The number of carboxylic acid groups (broad SMARTS) is 1. The largest absolute Gasteiger partial charge is 0.478 e. The number of carboxylic acids is 1. The number of hydrogen-bond acceptors (Lipinski definition) is 4. The molecular weight excluding hydrogens is 254 g/mol. The molecule has 2 heterocycles. The van der Waals surface area contributed by atoms with Gasteiger partial charge in [0.25, 0.3) is 0 Å². The topological polar surface area (TPSA) is 66.3 Å². The molecule has 0 saturated carbocycles. The van der Waals surface area contributed by atoms with E-state index in [0.29, 0.717) is 18.9 Å². The highest BCUT2D eigenvalue weighted by Crippen LogP contribution is 2.22. The lowest BCUT2D eigenvalue weighted by Crippen LogP contribution is -2.25. The molecule has 0 saturated heterocycles. The summed E-state index contributed by atoms with van der Waals surface area (Å²) < 4.78 is 0. The zero-order valence-corrected chi connectivity index (χ0v) is 11.6. The van der Waals surface area contributed by atoms with Crippen LogP contribution in [0.2, 0.25) is 0 Å². The Kier molecular flexibility index (Phi) is 4.30. The van der Waals surface area contributed by atoms with Crippen LogP contribution in [0.5, 0.6) is 0 Å². The quantitative estimate of drug-likeness (QED) is 0.905. The number of aromatic nitrogens is 2. The Balaban J connectivity index is 2.37. The summed E-state index contributed by atoms with van der Waals surface area (Å²) in [5.74, 6) is -0.435. The summed E-state index contributed by atoms with van der Waals surface area (Å²) in [6.07, 6.45) is 5.10. The van der Waals surface area contributed by atoms with E-state index in [1.54, 1.807) is 31.6 Å². The first-order valence-corrected chi connectivity index (χ1v) is 6.46. The maximum atomic E-state index is 11.4. The minimum absolute atomic E-state index is 0.267. The summed E-state index contributed by atoms with van der Waals surface area (Å²) >= 11 is 0. The van der Waals surface area contributed by atoms with E-state index >= 15 is 0 Å². The van der Waals surface area contributed by atoms with E-state index in [4.69, 9.17) is 0 Å². The van der Waals surface area contributed by atoms with Gasteiger partial charge in [-0.3, -0.25) is 4.98 Å². The highest BCUT2D eigenvalue weighted by atomic mass is 16.4. The molecule has 0 unspecified atom stereocenters. The fourth-order valence-electron chi connectivity index (χ4n) is 2.09. The third-order valence-electron chi connectivity index (χ3n) is 3.16. The second-order valence-electron chi connectivity index (χ2n) is 4.50. The van der Waals surface area contributed by atoms with E-state index < -0.39 is 5.97 Å². The van der Waals surface area contributed by atoms with Crippen molar-refractivity contribution in [3.63, 3.8) is 0 Å².